The Bertz CT molecular complexity index is 563. The molecule has 0 spiro atoms. The van der Waals surface area contributed by atoms with Gasteiger partial charge in [-0.15, -0.1) is 0 Å². The minimum absolute atomic E-state index is 0.0141. The number of nitrogens with zero attached hydrogens (tertiary/aromatic N) is 1. The largest absolute Gasteiger partial charge is 0.389 e. The molecule has 5 heteroatoms. The SMILES string of the molecule is CCN(CC(C)(C)O)S(=O)(=O)c1ccc(C(C)(C)C)cc1. The monoisotopic (exact) mass is 313 g/mol. The molecule has 0 amide bonds. The van der Waals surface area contributed by atoms with Gasteiger partial charge in [0, 0.05) is 13.1 Å². The highest BCUT2D eigenvalue weighted by atomic mass is 32.2. The maximum Gasteiger partial charge on any atom is 0.243 e. The molecule has 1 aromatic carbocycles. The van der Waals surface area contributed by atoms with Gasteiger partial charge in [0.05, 0.1) is 10.5 Å². The van der Waals surface area contributed by atoms with Gasteiger partial charge in [-0.3, -0.25) is 0 Å². The first-order valence-electron chi connectivity index (χ1n) is 7.21. The zero-order valence-electron chi connectivity index (χ0n) is 13.8. The van der Waals surface area contributed by atoms with E-state index in [2.05, 4.69) is 20.8 Å². The fourth-order valence-corrected chi connectivity index (χ4v) is 3.68. The summed E-state index contributed by atoms with van der Waals surface area (Å²) in [6.45, 7) is 11.6. The average Bonchev–Trinajstić information content (AvgIpc) is 2.34. The van der Waals surface area contributed by atoms with E-state index in [0.29, 0.717) is 6.54 Å². The summed E-state index contributed by atoms with van der Waals surface area (Å²) in [6, 6.07) is 6.99. The van der Waals surface area contributed by atoms with Gasteiger partial charge in [-0.05, 0) is 37.0 Å². The summed E-state index contributed by atoms with van der Waals surface area (Å²) < 4.78 is 26.5. The van der Waals surface area contributed by atoms with Crippen LogP contribution in [0.1, 0.15) is 47.1 Å². The van der Waals surface area contributed by atoms with E-state index in [1.165, 1.54) is 4.31 Å². The van der Waals surface area contributed by atoms with Crippen molar-refractivity contribution in [1.82, 2.24) is 4.31 Å². The Balaban J connectivity index is 3.12. The molecule has 0 radical (unpaired) electrons. The highest BCUT2D eigenvalue weighted by Crippen LogP contribution is 2.25. The van der Waals surface area contributed by atoms with Crippen molar-refractivity contribution in [3.05, 3.63) is 29.8 Å². The van der Waals surface area contributed by atoms with E-state index >= 15 is 0 Å². The molecule has 0 bridgehead atoms. The molecule has 0 saturated heterocycles. The third-order valence-electron chi connectivity index (χ3n) is 3.27. The number of sulfonamides is 1. The highest BCUT2D eigenvalue weighted by Gasteiger charge is 2.28. The molecule has 0 aromatic heterocycles. The molecule has 0 unspecified atom stereocenters. The fraction of sp³-hybridized carbons (Fsp3) is 0.625. The third-order valence-corrected chi connectivity index (χ3v) is 5.21. The Labute approximate surface area is 128 Å². The second-order valence-electron chi connectivity index (χ2n) is 7.02. The van der Waals surface area contributed by atoms with Gasteiger partial charge in [0.1, 0.15) is 0 Å². The van der Waals surface area contributed by atoms with Crippen LogP contribution in [0, 0.1) is 0 Å². The van der Waals surface area contributed by atoms with Gasteiger partial charge in [-0.25, -0.2) is 8.42 Å². The molecular formula is C16H27NO3S. The van der Waals surface area contributed by atoms with Gasteiger partial charge in [-0.2, -0.15) is 4.31 Å². The Morgan fingerprint density at radius 3 is 1.86 bits per heavy atom. The predicted octanol–water partition coefficient (Wildman–Crippen LogP) is 2.77. The van der Waals surface area contributed by atoms with E-state index in [1.54, 1.807) is 32.9 Å². The molecule has 1 rings (SSSR count). The van der Waals surface area contributed by atoms with E-state index in [4.69, 9.17) is 0 Å². The second-order valence-corrected chi connectivity index (χ2v) is 8.96. The van der Waals surface area contributed by atoms with Crippen molar-refractivity contribution >= 4 is 10.0 Å². The van der Waals surface area contributed by atoms with Gasteiger partial charge in [0.15, 0.2) is 0 Å². The lowest BCUT2D eigenvalue weighted by Crippen LogP contribution is -2.42. The van der Waals surface area contributed by atoms with Crippen molar-refractivity contribution in [3.63, 3.8) is 0 Å². The van der Waals surface area contributed by atoms with Crippen LogP contribution in [-0.2, 0) is 15.4 Å². The molecule has 1 aromatic rings. The van der Waals surface area contributed by atoms with Crippen molar-refractivity contribution in [1.29, 1.82) is 0 Å². The first-order valence-corrected chi connectivity index (χ1v) is 8.65. The van der Waals surface area contributed by atoms with Crippen LogP contribution in [0.2, 0.25) is 0 Å². The Hall–Kier alpha value is -0.910. The molecule has 0 heterocycles. The number of hydrogen-bond donors (Lipinski definition) is 1. The molecular weight excluding hydrogens is 286 g/mol. The lowest BCUT2D eigenvalue weighted by Gasteiger charge is -2.27. The number of hydrogen-bond acceptors (Lipinski definition) is 3. The standard InChI is InChI=1S/C16H27NO3S/c1-7-17(12-16(5,6)18)21(19,20)14-10-8-13(9-11-14)15(2,3)4/h8-11,18H,7,12H2,1-6H3. The smallest absolute Gasteiger partial charge is 0.243 e. The number of benzene rings is 1. The van der Waals surface area contributed by atoms with E-state index < -0.39 is 15.6 Å². The molecule has 0 saturated carbocycles. The van der Waals surface area contributed by atoms with Crippen LogP contribution >= 0.6 is 0 Å². The Kier molecular flexibility index (Phi) is 5.24. The summed E-state index contributed by atoms with van der Waals surface area (Å²) >= 11 is 0. The van der Waals surface area contributed by atoms with Gasteiger partial charge in [-0.1, -0.05) is 39.8 Å². The molecule has 120 valence electrons. The minimum atomic E-state index is -3.57. The van der Waals surface area contributed by atoms with Crippen molar-refractivity contribution < 1.29 is 13.5 Å². The number of rotatable bonds is 5. The summed E-state index contributed by atoms with van der Waals surface area (Å²) in [4.78, 5) is 0.265. The van der Waals surface area contributed by atoms with Crippen LogP contribution in [0.3, 0.4) is 0 Å². The Morgan fingerprint density at radius 1 is 1.05 bits per heavy atom. The van der Waals surface area contributed by atoms with E-state index in [1.807, 2.05) is 12.1 Å². The zero-order chi connectivity index (χ0) is 16.5. The van der Waals surface area contributed by atoms with Gasteiger partial charge >= 0.3 is 0 Å². The molecule has 0 aliphatic carbocycles. The summed E-state index contributed by atoms with van der Waals surface area (Å²) in [5.74, 6) is 0. The molecule has 4 nitrogen and oxygen atoms in total. The van der Waals surface area contributed by atoms with Gasteiger partial charge in [0.2, 0.25) is 10.0 Å². The first-order chi connectivity index (χ1) is 9.38. The lowest BCUT2D eigenvalue weighted by atomic mass is 9.87. The fourth-order valence-electron chi connectivity index (χ4n) is 2.07. The zero-order valence-corrected chi connectivity index (χ0v) is 14.7. The van der Waals surface area contributed by atoms with Gasteiger partial charge < -0.3 is 5.11 Å². The van der Waals surface area contributed by atoms with Crippen molar-refractivity contribution in [2.24, 2.45) is 0 Å². The lowest BCUT2D eigenvalue weighted by molar-refractivity contribution is 0.0601. The molecule has 1 N–H and O–H groups in total. The van der Waals surface area contributed by atoms with Crippen molar-refractivity contribution in [2.45, 2.75) is 57.5 Å². The first kappa shape index (κ1) is 18.1. The molecule has 0 aliphatic heterocycles. The van der Waals surface area contributed by atoms with Crippen LogP contribution in [0.25, 0.3) is 0 Å². The van der Waals surface area contributed by atoms with E-state index in [-0.39, 0.29) is 16.9 Å². The van der Waals surface area contributed by atoms with E-state index in [9.17, 15) is 13.5 Å². The van der Waals surface area contributed by atoms with Crippen LogP contribution in [0.15, 0.2) is 29.2 Å². The molecule has 0 fully saturated rings. The minimum Gasteiger partial charge on any atom is -0.389 e. The summed E-state index contributed by atoms with van der Waals surface area (Å²) in [5.41, 5.74) is 0.0147. The summed E-state index contributed by atoms with van der Waals surface area (Å²) in [7, 11) is -3.57. The third kappa shape index (κ3) is 4.80. The van der Waals surface area contributed by atoms with Crippen LogP contribution < -0.4 is 0 Å². The Morgan fingerprint density at radius 2 is 1.52 bits per heavy atom. The molecule has 0 atom stereocenters. The average molecular weight is 313 g/mol. The molecule has 0 aliphatic rings. The highest BCUT2D eigenvalue weighted by molar-refractivity contribution is 7.89. The van der Waals surface area contributed by atoms with Crippen molar-refractivity contribution in [3.8, 4) is 0 Å². The predicted molar refractivity (Wildman–Crippen MR) is 85.9 cm³/mol. The maximum absolute atomic E-state index is 12.6. The topological polar surface area (TPSA) is 57.6 Å². The quantitative estimate of drug-likeness (QED) is 0.909. The van der Waals surface area contributed by atoms with E-state index in [0.717, 1.165) is 5.56 Å². The summed E-state index contributed by atoms with van der Waals surface area (Å²) in [6.07, 6.45) is 0. The second kappa shape index (κ2) is 6.07. The molecule has 21 heavy (non-hydrogen) atoms. The number of aliphatic hydroxyl groups is 1. The maximum atomic E-state index is 12.6. The van der Waals surface area contributed by atoms with Crippen molar-refractivity contribution in [2.75, 3.05) is 13.1 Å². The van der Waals surface area contributed by atoms with Crippen LogP contribution in [-0.4, -0.2) is 36.5 Å². The normalized spacial score (nSPS) is 13.7. The van der Waals surface area contributed by atoms with Crippen LogP contribution in [0.4, 0.5) is 0 Å². The van der Waals surface area contributed by atoms with Gasteiger partial charge in [0.25, 0.3) is 0 Å². The number of likely N-dealkylation sites (N-methyl/N-ethyl adjacent to an activating group) is 1. The van der Waals surface area contributed by atoms with Crippen LogP contribution in [0.5, 0.6) is 0 Å². The summed E-state index contributed by atoms with van der Waals surface area (Å²) in [5, 5.41) is 9.87.